The summed E-state index contributed by atoms with van der Waals surface area (Å²) in [6.45, 7) is 0. The molecule has 0 fully saturated rings. The van der Waals surface area contributed by atoms with E-state index in [0.29, 0.717) is 16.5 Å². The molecule has 0 aliphatic carbocycles. The smallest absolute Gasteiger partial charge is 0.346 e. The molecule has 0 amide bonds. The van der Waals surface area contributed by atoms with Crippen LogP contribution in [0.25, 0.3) is 17.0 Å². The number of aromatic nitrogens is 1. The number of carboxylic acids is 1. The molecule has 17 heavy (non-hydrogen) atoms. The third kappa shape index (κ3) is 2.01. The van der Waals surface area contributed by atoms with E-state index in [0.717, 1.165) is 0 Å². The van der Waals surface area contributed by atoms with Crippen LogP contribution in [0.2, 0.25) is 0 Å². The zero-order valence-electron chi connectivity index (χ0n) is 8.57. The lowest BCUT2D eigenvalue weighted by Crippen LogP contribution is -1.96. The first-order chi connectivity index (χ1) is 8.11. The molecule has 0 atom stereocenters. The maximum absolute atomic E-state index is 12.9. The summed E-state index contributed by atoms with van der Waals surface area (Å²) in [5, 5.41) is 18.0. The maximum atomic E-state index is 12.9. The molecule has 1 aromatic heterocycles. The van der Waals surface area contributed by atoms with E-state index in [-0.39, 0.29) is 11.4 Å². The number of aliphatic carboxylic acids is 1. The van der Waals surface area contributed by atoms with Crippen molar-refractivity contribution >= 4 is 22.9 Å². The number of carbonyl (C=O) groups is 1. The standard InChI is InChI=1S/C12H7FN2O2/c13-9-1-2-10-8(6-15-11(10)4-9)3-7(5-14)12(16)17/h1-4,6,15H,(H,16,17)/b7-3+. The summed E-state index contributed by atoms with van der Waals surface area (Å²) in [7, 11) is 0. The Morgan fingerprint density at radius 3 is 2.94 bits per heavy atom. The molecule has 0 saturated heterocycles. The van der Waals surface area contributed by atoms with Gasteiger partial charge in [-0.2, -0.15) is 5.26 Å². The summed E-state index contributed by atoms with van der Waals surface area (Å²) < 4.78 is 12.9. The number of hydrogen-bond acceptors (Lipinski definition) is 2. The van der Waals surface area contributed by atoms with Gasteiger partial charge in [0, 0.05) is 22.7 Å². The summed E-state index contributed by atoms with van der Waals surface area (Å²) in [4.78, 5) is 13.5. The van der Waals surface area contributed by atoms with Gasteiger partial charge in [0.2, 0.25) is 0 Å². The average Bonchev–Trinajstić information content (AvgIpc) is 2.67. The van der Waals surface area contributed by atoms with Gasteiger partial charge in [-0.25, -0.2) is 9.18 Å². The van der Waals surface area contributed by atoms with Gasteiger partial charge in [-0.15, -0.1) is 0 Å². The molecule has 2 aromatic rings. The van der Waals surface area contributed by atoms with Gasteiger partial charge in [-0.3, -0.25) is 0 Å². The summed E-state index contributed by atoms with van der Waals surface area (Å²) >= 11 is 0. The van der Waals surface area contributed by atoms with Crippen LogP contribution in [0.5, 0.6) is 0 Å². The van der Waals surface area contributed by atoms with Crippen molar-refractivity contribution in [2.75, 3.05) is 0 Å². The topological polar surface area (TPSA) is 76.9 Å². The van der Waals surface area contributed by atoms with Gasteiger partial charge < -0.3 is 10.1 Å². The molecule has 5 heteroatoms. The normalized spacial score (nSPS) is 11.4. The fourth-order valence-corrected chi connectivity index (χ4v) is 1.54. The highest BCUT2D eigenvalue weighted by Gasteiger charge is 2.08. The summed E-state index contributed by atoms with van der Waals surface area (Å²) in [5.74, 6) is -1.67. The molecular formula is C12H7FN2O2. The first-order valence-electron chi connectivity index (χ1n) is 4.73. The van der Waals surface area contributed by atoms with Gasteiger partial charge in [0.15, 0.2) is 0 Å². The maximum Gasteiger partial charge on any atom is 0.346 e. The molecule has 2 N–H and O–H groups in total. The zero-order chi connectivity index (χ0) is 12.4. The molecule has 0 radical (unpaired) electrons. The minimum atomic E-state index is -1.29. The highest BCUT2D eigenvalue weighted by molar-refractivity contribution is 6.00. The fraction of sp³-hybridized carbons (Fsp3) is 0. The number of H-pyrrole nitrogens is 1. The van der Waals surface area contributed by atoms with E-state index in [1.807, 2.05) is 0 Å². The van der Waals surface area contributed by atoms with E-state index in [9.17, 15) is 9.18 Å². The molecule has 0 saturated carbocycles. The Balaban J connectivity index is 2.58. The second-order valence-corrected chi connectivity index (χ2v) is 3.41. The largest absolute Gasteiger partial charge is 0.477 e. The lowest BCUT2D eigenvalue weighted by molar-refractivity contribution is -0.132. The Labute approximate surface area is 95.6 Å². The number of nitrogens with zero attached hydrogens (tertiary/aromatic N) is 1. The Kier molecular flexibility index (Phi) is 2.63. The van der Waals surface area contributed by atoms with Crippen LogP contribution in [0.3, 0.4) is 0 Å². The van der Waals surface area contributed by atoms with Crippen molar-refractivity contribution in [1.82, 2.24) is 4.98 Å². The highest BCUT2D eigenvalue weighted by Crippen LogP contribution is 2.21. The number of nitriles is 1. The molecule has 0 spiro atoms. The predicted molar refractivity (Wildman–Crippen MR) is 59.5 cm³/mol. The van der Waals surface area contributed by atoms with Gasteiger partial charge in [0.05, 0.1) is 0 Å². The predicted octanol–water partition coefficient (Wildman–Crippen LogP) is 2.30. The second kappa shape index (κ2) is 4.10. The average molecular weight is 230 g/mol. The van der Waals surface area contributed by atoms with Crippen molar-refractivity contribution in [2.45, 2.75) is 0 Å². The van der Waals surface area contributed by atoms with Gasteiger partial charge in [0.25, 0.3) is 0 Å². The monoisotopic (exact) mass is 230 g/mol. The number of halogens is 1. The second-order valence-electron chi connectivity index (χ2n) is 3.41. The molecule has 2 rings (SSSR count). The van der Waals surface area contributed by atoms with Gasteiger partial charge in [-0.1, -0.05) is 0 Å². The van der Waals surface area contributed by atoms with E-state index >= 15 is 0 Å². The third-order valence-corrected chi connectivity index (χ3v) is 2.33. The number of fused-ring (bicyclic) bond motifs is 1. The van der Waals surface area contributed by atoms with Crippen LogP contribution in [-0.2, 0) is 4.79 Å². The number of benzene rings is 1. The number of carboxylic acid groups (broad SMARTS) is 1. The van der Waals surface area contributed by atoms with Crippen molar-refractivity contribution in [1.29, 1.82) is 5.26 Å². The van der Waals surface area contributed by atoms with Crippen molar-refractivity contribution in [3.05, 3.63) is 41.3 Å². The molecule has 0 bridgehead atoms. The van der Waals surface area contributed by atoms with Crippen LogP contribution in [0.15, 0.2) is 30.0 Å². The molecule has 0 unspecified atom stereocenters. The SMILES string of the molecule is N#C/C(=C\c1c[nH]c2cc(F)ccc12)C(=O)O. The Hall–Kier alpha value is -2.61. The van der Waals surface area contributed by atoms with Gasteiger partial charge >= 0.3 is 5.97 Å². The minimum absolute atomic E-state index is 0.366. The van der Waals surface area contributed by atoms with E-state index < -0.39 is 5.97 Å². The molecular weight excluding hydrogens is 223 g/mol. The molecule has 4 nitrogen and oxygen atoms in total. The summed E-state index contributed by atoms with van der Waals surface area (Å²) in [6, 6.07) is 5.70. The zero-order valence-corrected chi connectivity index (χ0v) is 8.57. The van der Waals surface area contributed by atoms with Crippen molar-refractivity contribution < 1.29 is 14.3 Å². The Morgan fingerprint density at radius 2 is 2.29 bits per heavy atom. The van der Waals surface area contributed by atoms with E-state index in [1.54, 1.807) is 6.07 Å². The third-order valence-electron chi connectivity index (χ3n) is 2.33. The van der Waals surface area contributed by atoms with Gasteiger partial charge in [0.1, 0.15) is 17.5 Å². The molecule has 1 aromatic carbocycles. The first kappa shape index (κ1) is 10.9. The Bertz CT molecular complexity index is 665. The quantitative estimate of drug-likeness (QED) is 0.613. The fourth-order valence-electron chi connectivity index (χ4n) is 1.54. The summed E-state index contributed by atoms with van der Waals surface area (Å²) in [5.41, 5.74) is 0.730. The minimum Gasteiger partial charge on any atom is -0.477 e. The Morgan fingerprint density at radius 1 is 1.53 bits per heavy atom. The molecule has 1 heterocycles. The molecule has 84 valence electrons. The van der Waals surface area contributed by atoms with Crippen molar-refractivity contribution in [2.24, 2.45) is 0 Å². The van der Waals surface area contributed by atoms with Crippen LogP contribution in [0, 0.1) is 17.1 Å². The number of rotatable bonds is 2. The van der Waals surface area contributed by atoms with Gasteiger partial charge in [-0.05, 0) is 24.3 Å². The van der Waals surface area contributed by atoms with Crippen LogP contribution in [-0.4, -0.2) is 16.1 Å². The lowest BCUT2D eigenvalue weighted by atomic mass is 10.1. The van der Waals surface area contributed by atoms with E-state index in [2.05, 4.69) is 4.98 Å². The number of nitrogens with one attached hydrogen (secondary N) is 1. The highest BCUT2D eigenvalue weighted by atomic mass is 19.1. The van der Waals surface area contributed by atoms with Crippen molar-refractivity contribution in [3.8, 4) is 6.07 Å². The van der Waals surface area contributed by atoms with Crippen LogP contribution >= 0.6 is 0 Å². The first-order valence-corrected chi connectivity index (χ1v) is 4.73. The van der Waals surface area contributed by atoms with E-state index in [4.69, 9.17) is 10.4 Å². The van der Waals surface area contributed by atoms with Crippen LogP contribution in [0.4, 0.5) is 4.39 Å². The van der Waals surface area contributed by atoms with Crippen LogP contribution in [0.1, 0.15) is 5.56 Å². The van der Waals surface area contributed by atoms with Crippen LogP contribution < -0.4 is 0 Å². The van der Waals surface area contributed by atoms with E-state index in [1.165, 1.54) is 30.5 Å². The molecule has 0 aliphatic rings. The number of hydrogen-bond donors (Lipinski definition) is 2. The van der Waals surface area contributed by atoms with Crippen molar-refractivity contribution in [3.63, 3.8) is 0 Å². The summed E-state index contributed by atoms with van der Waals surface area (Å²) in [6.07, 6.45) is 2.78. The number of aromatic amines is 1. The molecule has 0 aliphatic heterocycles. The lowest BCUT2D eigenvalue weighted by Gasteiger charge is -1.93.